The fourth-order valence-electron chi connectivity index (χ4n) is 1.21. The first-order chi connectivity index (χ1) is 8.82. The van der Waals surface area contributed by atoms with E-state index in [0.29, 0.717) is 11.1 Å². The maximum Gasteiger partial charge on any atom is 0.450 e. The van der Waals surface area contributed by atoms with Crippen LogP contribution in [0.3, 0.4) is 0 Å². The Hall–Kier alpha value is -2.36. The van der Waals surface area contributed by atoms with E-state index >= 15 is 0 Å². The highest BCUT2D eigenvalue weighted by Crippen LogP contribution is 2.17. The molecule has 0 saturated heterocycles. The number of carbonyl (C=O) groups excluding carboxylic acids is 2. The standard InChI is InChI=1S/C12H9F3N2O2/c13-12(14,15)10(18)5-11(19)17-7-9-3-1-8(6-16)2-4-9/h1-4H,5,7H2,(H,17,19). The summed E-state index contributed by atoms with van der Waals surface area (Å²) < 4.78 is 35.7. The largest absolute Gasteiger partial charge is 0.450 e. The predicted molar refractivity (Wildman–Crippen MR) is 58.7 cm³/mol. The first kappa shape index (κ1) is 14.7. The molecule has 0 heterocycles. The third-order valence-corrected chi connectivity index (χ3v) is 2.21. The molecule has 0 aromatic heterocycles. The van der Waals surface area contributed by atoms with Gasteiger partial charge in [-0.2, -0.15) is 18.4 Å². The van der Waals surface area contributed by atoms with E-state index in [1.54, 1.807) is 12.1 Å². The van der Waals surface area contributed by atoms with Crippen molar-refractivity contribution in [2.45, 2.75) is 19.1 Å². The van der Waals surface area contributed by atoms with Crippen molar-refractivity contribution in [3.8, 4) is 6.07 Å². The summed E-state index contributed by atoms with van der Waals surface area (Å²) >= 11 is 0. The quantitative estimate of drug-likeness (QED) is 0.846. The summed E-state index contributed by atoms with van der Waals surface area (Å²) in [6.45, 7) is -0.00429. The fourth-order valence-corrected chi connectivity index (χ4v) is 1.21. The Bertz CT molecular complexity index is 515. The number of nitriles is 1. The Labute approximate surface area is 106 Å². The van der Waals surface area contributed by atoms with Crippen LogP contribution in [0.1, 0.15) is 17.5 Å². The molecule has 0 aliphatic heterocycles. The van der Waals surface area contributed by atoms with Gasteiger partial charge in [0.2, 0.25) is 11.7 Å². The first-order valence-corrected chi connectivity index (χ1v) is 5.18. The van der Waals surface area contributed by atoms with Crippen molar-refractivity contribution < 1.29 is 22.8 Å². The molecular weight excluding hydrogens is 261 g/mol. The van der Waals surface area contributed by atoms with Gasteiger partial charge >= 0.3 is 6.18 Å². The summed E-state index contributed by atoms with van der Waals surface area (Å²) in [5.41, 5.74) is 1.05. The zero-order chi connectivity index (χ0) is 14.5. The molecule has 19 heavy (non-hydrogen) atoms. The van der Waals surface area contributed by atoms with Gasteiger partial charge in [-0.15, -0.1) is 0 Å². The molecule has 0 saturated carbocycles. The zero-order valence-electron chi connectivity index (χ0n) is 9.62. The molecule has 7 heteroatoms. The molecule has 1 amide bonds. The predicted octanol–water partition coefficient (Wildman–Crippen LogP) is 1.70. The average molecular weight is 270 g/mol. The van der Waals surface area contributed by atoms with E-state index in [4.69, 9.17) is 5.26 Å². The molecule has 0 fully saturated rings. The molecule has 4 nitrogen and oxygen atoms in total. The van der Waals surface area contributed by atoms with Crippen LogP contribution in [0.4, 0.5) is 13.2 Å². The Morgan fingerprint density at radius 2 is 1.79 bits per heavy atom. The smallest absolute Gasteiger partial charge is 0.352 e. The Kier molecular flexibility index (Phi) is 4.64. The number of benzene rings is 1. The second kappa shape index (κ2) is 6.00. The van der Waals surface area contributed by atoms with Gasteiger partial charge in [0, 0.05) is 6.54 Å². The van der Waals surface area contributed by atoms with Crippen LogP contribution >= 0.6 is 0 Å². The van der Waals surface area contributed by atoms with Crippen LogP contribution in [0.25, 0.3) is 0 Å². The van der Waals surface area contributed by atoms with Gasteiger partial charge < -0.3 is 5.32 Å². The number of nitrogens with zero attached hydrogens (tertiary/aromatic N) is 1. The van der Waals surface area contributed by atoms with Gasteiger partial charge in [0.25, 0.3) is 0 Å². The van der Waals surface area contributed by atoms with Crippen LogP contribution in [-0.4, -0.2) is 17.9 Å². The van der Waals surface area contributed by atoms with Crippen LogP contribution in [-0.2, 0) is 16.1 Å². The monoisotopic (exact) mass is 270 g/mol. The number of carbonyl (C=O) groups is 2. The van der Waals surface area contributed by atoms with Gasteiger partial charge in [0.15, 0.2) is 0 Å². The Morgan fingerprint density at radius 1 is 1.21 bits per heavy atom. The molecule has 1 rings (SSSR count). The van der Waals surface area contributed by atoms with Gasteiger partial charge in [-0.25, -0.2) is 0 Å². The summed E-state index contributed by atoms with van der Waals surface area (Å²) in [5.74, 6) is -3.07. The second-order valence-electron chi connectivity index (χ2n) is 3.68. The minimum Gasteiger partial charge on any atom is -0.352 e. The molecule has 0 radical (unpaired) electrons. The van der Waals surface area contributed by atoms with Gasteiger partial charge in [-0.3, -0.25) is 9.59 Å². The molecule has 0 bridgehead atoms. The van der Waals surface area contributed by atoms with Crippen LogP contribution in [0, 0.1) is 11.3 Å². The lowest BCUT2D eigenvalue weighted by atomic mass is 10.1. The molecular formula is C12H9F3N2O2. The van der Waals surface area contributed by atoms with Gasteiger partial charge in [0.1, 0.15) is 0 Å². The van der Waals surface area contributed by atoms with Crippen molar-refractivity contribution in [3.05, 3.63) is 35.4 Å². The maximum atomic E-state index is 11.9. The highest BCUT2D eigenvalue weighted by atomic mass is 19.4. The highest BCUT2D eigenvalue weighted by Gasteiger charge is 2.39. The van der Waals surface area contributed by atoms with E-state index in [1.807, 2.05) is 6.07 Å². The summed E-state index contributed by atoms with van der Waals surface area (Å²) in [7, 11) is 0. The SMILES string of the molecule is N#Cc1ccc(CNC(=O)CC(=O)C(F)(F)F)cc1. The first-order valence-electron chi connectivity index (χ1n) is 5.18. The van der Waals surface area contributed by atoms with Crippen molar-refractivity contribution in [3.63, 3.8) is 0 Å². The zero-order valence-corrected chi connectivity index (χ0v) is 9.62. The van der Waals surface area contributed by atoms with E-state index in [1.165, 1.54) is 12.1 Å². The van der Waals surface area contributed by atoms with E-state index in [-0.39, 0.29) is 6.54 Å². The topological polar surface area (TPSA) is 70.0 Å². The van der Waals surface area contributed by atoms with E-state index in [0.717, 1.165) is 0 Å². The Morgan fingerprint density at radius 3 is 2.26 bits per heavy atom. The summed E-state index contributed by atoms with van der Waals surface area (Å²) in [6.07, 6.45) is -6.22. The molecule has 1 aromatic carbocycles. The molecule has 0 aliphatic rings. The molecule has 0 atom stereocenters. The molecule has 100 valence electrons. The number of nitrogens with one attached hydrogen (secondary N) is 1. The molecule has 1 aromatic rings. The van der Waals surface area contributed by atoms with Crippen molar-refractivity contribution in [2.24, 2.45) is 0 Å². The normalized spacial score (nSPS) is 10.6. The minimum atomic E-state index is -4.99. The number of halogens is 3. The van der Waals surface area contributed by atoms with Crippen LogP contribution in [0.15, 0.2) is 24.3 Å². The van der Waals surface area contributed by atoms with Gasteiger partial charge in [0.05, 0.1) is 18.1 Å². The lowest BCUT2D eigenvalue weighted by Crippen LogP contribution is -2.31. The molecule has 0 spiro atoms. The number of alkyl halides is 3. The lowest BCUT2D eigenvalue weighted by molar-refractivity contribution is -0.172. The highest BCUT2D eigenvalue weighted by molar-refractivity contribution is 6.00. The average Bonchev–Trinajstić information content (AvgIpc) is 2.35. The van der Waals surface area contributed by atoms with E-state index in [2.05, 4.69) is 5.32 Å². The fraction of sp³-hybridized carbons (Fsp3) is 0.250. The second-order valence-corrected chi connectivity index (χ2v) is 3.68. The number of hydrogen-bond acceptors (Lipinski definition) is 3. The van der Waals surface area contributed by atoms with Gasteiger partial charge in [-0.1, -0.05) is 12.1 Å². The molecule has 0 aliphatic carbocycles. The molecule has 1 N–H and O–H groups in total. The minimum absolute atomic E-state index is 0.00429. The number of ketones is 1. The Balaban J connectivity index is 2.46. The summed E-state index contributed by atoms with van der Waals surface area (Å²) in [5, 5.41) is 10.8. The van der Waals surface area contributed by atoms with Crippen molar-refractivity contribution in [2.75, 3.05) is 0 Å². The third kappa shape index (κ3) is 4.79. The summed E-state index contributed by atoms with van der Waals surface area (Å²) in [6, 6.07) is 8.06. The van der Waals surface area contributed by atoms with Crippen LogP contribution in [0.2, 0.25) is 0 Å². The van der Waals surface area contributed by atoms with Crippen molar-refractivity contribution in [1.29, 1.82) is 5.26 Å². The summed E-state index contributed by atoms with van der Waals surface area (Å²) in [4.78, 5) is 21.7. The van der Waals surface area contributed by atoms with Gasteiger partial charge in [-0.05, 0) is 17.7 Å². The third-order valence-electron chi connectivity index (χ3n) is 2.21. The van der Waals surface area contributed by atoms with Crippen LogP contribution in [0.5, 0.6) is 0 Å². The van der Waals surface area contributed by atoms with E-state index < -0.39 is 24.3 Å². The van der Waals surface area contributed by atoms with Crippen molar-refractivity contribution >= 4 is 11.7 Å². The van der Waals surface area contributed by atoms with Crippen molar-refractivity contribution in [1.82, 2.24) is 5.32 Å². The van der Waals surface area contributed by atoms with Crippen LogP contribution < -0.4 is 5.32 Å². The number of rotatable bonds is 4. The number of amides is 1. The maximum absolute atomic E-state index is 11.9. The lowest BCUT2D eigenvalue weighted by Gasteiger charge is -2.06. The van der Waals surface area contributed by atoms with E-state index in [9.17, 15) is 22.8 Å². The molecule has 0 unspecified atom stereocenters. The number of Topliss-reactive ketones (excluding diaryl/α,β-unsaturated/α-hetero) is 1. The number of hydrogen-bond donors (Lipinski definition) is 1.